The molecule has 2 aromatic rings. The molecule has 8 nitrogen and oxygen atoms in total. The van der Waals surface area contributed by atoms with Gasteiger partial charge in [-0.1, -0.05) is 12.5 Å². The lowest BCUT2D eigenvalue weighted by Crippen LogP contribution is -2.47. The van der Waals surface area contributed by atoms with E-state index in [2.05, 4.69) is 5.32 Å². The molecule has 0 bridgehead atoms. The number of anilines is 1. The molecule has 1 fully saturated rings. The van der Waals surface area contributed by atoms with Gasteiger partial charge >= 0.3 is 0 Å². The van der Waals surface area contributed by atoms with Crippen molar-refractivity contribution in [2.24, 2.45) is 0 Å². The second-order valence-corrected chi connectivity index (χ2v) is 9.54. The average molecular weight is 432 g/mol. The molecular weight excluding hydrogens is 406 g/mol. The number of carbonyl (C=O) groups excluding carboxylic acids is 1. The van der Waals surface area contributed by atoms with Crippen LogP contribution in [0.25, 0.3) is 0 Å². The normalized spacial score (nSPS) is 20.0. The molecule has 2 unspecified atom stereocenters. The predicted molar refractivity (Wildman–Crippen MR) is 114 cm³/mol. The molecular formula is C21H25N3O5S. The first-order valence-electron chi connectivity index (χ1n) is 9.81. The van der Waals surface area contributed by atoms with Crippen LogP contribution >= 0.6 is 0 Å². The number of piperidine rings is 1. The zero-order valence-corrected chi connectivity index (χ0v) is 18.0. The van der Waals surface area contributed by atoms with Gasteiger partial charge in [0, 0.05) is 35.0 Å². The van der Waals surface area contributed by atoms with E-state index in [9.17, 15) is 23.3 Å². The Morgan fingerprint density at radius 2 is 1.70 bits per heavy atom. The SMILES string of the molecule is Cc1ccc(C(=O)Nc2ccc(S(=O)(=O)N3C(C)CCCC3C)cc2)cc1[N+](=O)[O-]. The van der Waals surface area contributed by atoms with Crippen LogP contribution in [0.4, 0.5) is 11.4 Å². The number of nitrogens with one attached hydrogen (secondary N) is 1. The fourth-order valence-electron chi connectivity index (χ4n) is 3.85. The van der Waals surface area contributed by atoms with Crippen LogP contribution in [-0.4, -0.2) is 35.6 Å². The third-order valence-corrected chi connectivity index (χ3v) is 7.61. The topological polar surface area (TPSA) is 110 Å². The summed E-state index contributed by atoms with van der Waals surface area (Å²) < 4.78 is 27.7. The van der Waals surface area contributed by atoms with Crippen molar-refractivity contribution < 1.29 is 18.1 Å². The first-order chi connectivity index (χ1) is 14.1. The quantitative estimate of drug-likeness (QED) is 0.566. The minimum absolute atomic E-state index is 0.0598. The van der Waals surface area contributed by atoms with E-state index in [1.165, 1.54) is 42.5 Å². The molecule has 30 heavy (non-hydrogen) atoms. The number of nitro benzene ring substituents is 1. The van der Waals surface area contributed by atoms with Gasteiger partial charge in [0.25, 0.3) is 11.6 Å². The zero-order valence-electron chi connectivity index (χ0n) is 17.2. The summed E-state index contributed by atoms with van der Waals surface area (Å²) in [5.41, 5.74) is 0.892. The van der Waals surface area contributed by atoms with Crippen molar-refractivity contribution in [1.82, 2.24) is 4.31 Å². The number of amides is 1. The van der Waals surface area contributed by atoms with Crippen LogP contribution in [-0.2, 0) is 10.0 Å². The van der Waals surface area contributed by atoms with Crippen molar-refractivity contribution >= 4 is 27.3 Å². The van der Waals surface area contributed by atoms with Crippen LogP contribution in [0.3, 0.4) is 0 Å². The Bertz CT molecular complexity index is 1060. The van der Waals surface area contributed by atoms with E-state index in [1.54, 1.807) is 11.2 Å². The number of nitrogens with zero attached hydrogens (tertiary/aromatic N) is 2. The summed E-state index contributed by atoms with van der Waals surface area (Å²) in [4.78, 5) is 23.2. The minimum Gasteiger partial charge on any atom is -0.322 e. The monoisotopic (exact) mass is 431 g/mol. The number of rotatable bonds is 5. The lowest BCUT2D eigenvalue weighted by molar-refractivity contribution is -0.385. The molecule has 1 saturated heterocycles. The van der Waals surface area contributed by atoms with Gasteiger partial charge in [0.15, 0.2) is 0 Å². The summed E-state index contributed by atoms with van der Waals surface area (Å²) in [7, 11) is -3.63. The highest BCUT2D eigenvalue weighted by Crippen LogP contribution is 2.30. The molecule has 1 aliphatic heterocycles. The molecule has 0 aromatic heterocycles. The molecule has 160 valence electrons. The van der Waals surface area contributed by atoms with Gasteiger partial charge in [-0.15, -0.1) is 0 Å². The largest absolute Gasteiger partial charge is 0.322 e. The van der Waals surface area contributed by atoms with E-state index in [1.807, 2.05) is 13.8 Å². The Kier molecular flexibility index (Phi) is 6.23. The number of carbonyl (C=O) groups is 1. The minimum atomic E-state index is -3.63. The predicted octanol–water partition coefficient (Wildman–Crippen LogP) is 4.11. The summed E-state index contributed by atoms with van der Waals surface area (Å²) in [6.45, 7) is 5.44. The Balaban J connectivity index is 1.78. The molecule has 9 heteroatoms. The molecule has 0 aliphatic carbocycles. The number of benzene rings is 2. The molecule has 1 amide bonds. The summed E-state index contributed by atoms with van der Waals surface area (Å²) in [5, 5.41) is 13.7. The number of hydrogen-bond donors (Lipinski definition) is 1. The van der Waals surface area contributed by atoms with Gasteiger partial charge in [-0.3, -0.25) is 14.9 Å². The van der Waals surface area contributed by atoms with Crippen molar-refractivity contribution in [2.45, 2.75) is 57.0 Å². The zero-order chi connectivity index (χ0) is 22.1. The van der Waals surface area contributed by atoms with Gasteiger partial charge in [0.2, 0.25) is 10.0 Å². The lowest BCUT2D eigenvalue weighted by atomic mass is 10.0. The Morgan fingerprint density at radius 1 is 1.10 bits per heavy atom. The number of hydrogen-bond acceptors (Lipinski definition) is 5. The second kappa shape index (κ2) is 8.53. The van der Waals surface area contributed by atoms with Crippen LogP contribution in [0.15, 0.2) is 47.4 Å². The van der Waals surface area contributed by atoms with Gasteiger partial charge < -0.3 is 5.32 Å². The standard InChI is InChI=1S/C21H25N3O5S/c1-14-7-8-17(13-20(14)24(26)27)21(25)22-18-9-11-19(12-10-18)30(28,29)23-15(2)5-4-6-16(23)3/h7-13,15-16H,4-6H2,1-3H3,(H,22,25). The van der Waals surface area contributed by atoms with E-state index in [0.717, 1.165) is 19.3 Å². The molecule has 2 atom stereocenters. The maximum absolute atomic E-state index is 13.1. The average Bonchev–Trinajstić information content (AvgIpc) is 2.68. The molecule has 2 aromatic carbocycles. The maximum atomic E-state index is 13.1. The van der Waals surface area contributed by atoms with Gasteiger partial charge in [-0.25, -0.2) is 8.42 Å². The third kappa shape index (κ3) is 4.36. The summed E-state index contributed by atoms with van der Waals surface area (Å²) in [6, 6.07) is 10.1. The van der Waals surface area contributed by atoms with Crippen molar-refractivity contribution in [3.8, 4) is 0 Å². The highest BCUT2D eigenvalue weighted by Gasteiger charge is 2.35. The lowest BCUT2D eigenvalue weighted by Gasteiger charge is -2.37. The highest BCUT2D eigenvalue weighted by molar-refractivity contribution is 7.89. The van der Waals surface area contributed by atoms with Crippen LogP contribution in [0.1, 0.15) is 49.0 Å². The molecule has 0 spiro atoms. The molecule has 1 N–H and O–H groups in total. The summed E-state index contributed by atoms with van der Waals surface area (Å²) in [6.07, 6.45) is 2.68. The van der Waals surface area contributed by atoms with Gasteiger partial charge in [-0.2, -0.15) is 4.31 Å². The van der Waals surface area contributed by atoms with Crippen LogP contribution < -0.4 is 5.32 Å². The summed E-state index contributed by atoms with van der Waals surface area (Å²) in [5.74, 6) is -0.507. The molecule has 0 saturated carbocycles. The Labute approximate surface area is 176 Å². The Morgan fingerprint density at radius 3 is 2.27 bits per heavy atom. The van der Waals surface area contributed by atoms with E-state index in [4.69, 9.17) is 0 Å². The van der Waals surface area contributed by atoms with Gasteiger partial charge in [0.1, 0.15) is 0 Å². The molecule has 1 heterocycles. The number of nitro groups is 1. The van der Waals surface area contributed by atoms with Gasteiger partial charge in [-0.05, 0) is 63.9 Å². The number of sulfonamides is 1. The fourth-order valence-corrected chi connectivity index (χ4v) is 5.74. The van der Waals surface area contributed by atoms with E-state index >= 15 is 0 Å². The van der Waals surface area contributed by atoms with Crippen molar-refractivity contribution in [3.63, 3.8) is 0 Å². The fraction of sp³-hybridized carbons (Fsp3) is 0.381. The first-order valence-corrected chi connectivity index (χ1v) is 11.2. The van der Waals surface area contributed by atoms with Crippen molar-refractivity contribution in [1.29, 1.82) is 0 Å². The molecule has 0 radical (unpaired) electrons. The van der Waals surface area contributed by atoms with E-state index in [-0.39, 0.29) is 28.2 Å². The van der Waals surface area contributed by atoms with Crippen LogP contribution in [0.5, 0.6) is 0 Å². The third-order valence-electron chi connectivity index (χ3n) is 5.47. The van der Waals surface area contributed by atoms with Crippen molar-refractivity contribution in [3.05, 3.63) is 63.7 Å². The first kappa shape index (κ1) is 21.9. The van der Waals surface area contributed by atoms with Crippen LogP contribution in [0, 0.1) is 17.0 Å². The highest BCUT2D eigenvalue weighted by atomic mass is 32.2. The van der Waals surface area contributed by atoms with Gasteiger partial charge in [0.05, 0.1) is 9.82 Å². The Hall–Kier alpha value is -2.78. The molecule has 3 rings (SSSR count). The van der Waals surface area contributed by atoms with Crippen molar-refractivity contribution in [2.75, 3.05) is 5.32 Å². The second-order valence-electron chi connectivity index (χ2n) is 7.70. The smallest absolute Gasteiger partial charge is 0.273 e. The van der Waals surface area contributed by atoms with E-state index < -0.39 is 20.9 Å². The van der Waals surface area contributed by atoms with Crippen LogP contribution in [0.2, 0.25) is 0 Å². The number of aryl methyl sites for hydroxylation is 1. The van der Waals surface area contributed by atoms with E-state index in [0.29, 0.717) is 11.3 Å². The maximum Gasteiger partial charge on any atom is 0.273 e. The summed E-state index contributed by atoms with van der Waals surface area (Å²) >= 11 is 0. The molecule has 1 aliphatic rings.